The summed E-state index contributed by atoms with van der Waals surface area (Å²) in [5, 5.41) is 2.23. The monoisotopic (exact) mass is 1090 g/mol. The number of hydrogen-bond acceptors (Lipinski definition) is 4. The molecule has 0 atom stereocenters. The van der Waals surface area contributed by atoms with Crippen molar-refractivity contribution in [2.75, 3.05) is 9.80 Å². The second kappa shape index (κ2) is 18.1. The van der Waals surface area contributed by atoms with Crippen LogP contribution >= 0.6 is 0 Å². The molecule has 1 aliphatic rings. The number of allylic oxidation sites excluding steroid dienone is 1. The van der Waals surface area contributed by atoms with Crippen LogP contribution in [0.3, 0.4) is 0 Å². The molecule has 0 radical (unpaired) electrons. The molecule has 2 aromatic heterocycles. The molecule has 358 valence electrons. The Labute approximate surface area is 426 Å². The molecule has 0 fully saturated rings. The number of nitrogens with zero attached hydrogens (tertiary/aromatic N) is 4. The third kappa shape index (κ3) is 9.96. The van der Waals surface area contributed by atoms with Gasteiger partial charge in [0.25, 0.3) is 0 Å². The summed E-state index contributed by atoms with van der Waals surface area (Å²) in [6.45, 7) is 34.1. The Morgan fingerprint density at radius 1 is 0.507 bits per heavy atom. The molecule has 0 amide bonds. The van der Waals surface area contributed by atoms with Gasteiger partial charge in [-0.15, -0.1) is 53.6 Å². The van der Waals surface area contributed by atoms with Crippen molar-refractivity contribution < 1.29 is 25.8 Å². The summed E-state index contributed by atoms with van der Waals surface area (Å²) < 4.78 is 9.22. The maximum absolute atomic E-state index is 6.97. The average Bonchev–Trinajstić information content (AvgIpc) is 3.89. The number of rotatable bonds is 8. The first-order valence-corrected chi connectivity index (χ1v) is 24.1. The van der Waals surface area contributed by atoms with E-state index in [1.807, 2.05) is 12.3 Å². The van der Waals surface area contributed by atoms with Gasteiger partial charge in [-0.3, -0.25) is 0 Å². The van der Waals surface area contributed by atoms with E-state index in [0.29, 0.717) is 11.5 Å². The van der Waals surface area contributed by atoms with Gasteiger partial charge in [-0.25, -0.2) is 4.98 Å². The fourth-order valence-corrected chi connectivity index (χ4v) is 9.20. The molecule has 5 nitrogen and oxygen atoms in total. The van der Waals surface area contributed by atoms with E-state index in [1.165, 1.54) is 27.8 Å². The standard InChI is InChI=1S/C63H67N4O.Pt/c1-59(2,3)45-29-30-64-58(37-45)67-55-28-25-46(63(13,14)44-23-19-16-20-24-44)36-54(55)53-27-26-51(39-56(53)67)68-52-32-43(42-21-17-15-18-22-42)31-50(38-52)66-41-65(40-57(66)62(10,11)12)49-34-47(60(4,5)6)33-48(35-49)61(7,8)9;/h15-37,40-41H,1-14H3;/q-3;. The number of benzene rings is 6. The molecule has 8 aromatic rings. The molecule has 6 heteroatoms. The Balaban J connectivity index is 0.00000642. The molecule has 0 N–H and O–H groups in total. The van der Waals surface area contributed by atoms with Crippen molar-refractivity contribution in [2.45, 2.75) is 119 Å². The summed E-state index contributed by atoms with van der Waals surface area (Å²) in [7, 11) is 0. The summed E-state index contributed by atoms with van der Waals surface area (Å²) in [5.74, 6) is 2.04. The van der Waals surface area contributed by atoms with E-state index < -0.39 is 0 Å². The van der Waals surface area contributed by atoms with Crippen molar-refractivity contribution >= 4 is 33.2 Å². The predicted molar refractivity (Wildman–Crippen MR) is 286 cm³/mol. The van der Waals surface area contributed by atoms with Crippen LogP contribution in [0.4, 0.5) is 11.4 Å². The van der Waals surface area contributed by atoms with E-state index in [-0.39, 0.29) is 48.1 Å². The van der Waals surface area contributed by atoms with Crippen LogP contribution in [0.25, 0.3) is 38.8 Å². The van der Waals surface area contributed by atoms with E-state index in [1.54, 1.807) is 0 Å². The Morgan fingerprint density at radius 2 is 1.14 bits per heavy atom. The van der Waals surface area contributed by atoms with E-state index in [2.05, 4.69) is 264 Å². The number of ether oxygens (including phenoxy) is 1. The maximum atomic E-state index is 6.97. The van der Waals surface area contributed by atoms with Gasteiger partial charge in [0, 0.05) is 66.5 Å². The smallest absolute Gasteiger partial charge is 0.135 e. The topological polar surface area (TPSA) is 33.5 Å². The van der Waals surface area contributed by atoms with Gasteiger partial charge < -0.3 is 19.1 Å². The summed E-state index contributed by atoms with van der Waals surface area (Å²) in [6.07, 6.45) is 4.21. The van der Waals surface area contributed by atoms with Crippen molar-refractivity contribution in [1.29, 1.82) is 0 Å². The second-order valence-electron chi connectivity index (χ2n) is 23.3. The first-order valence-electron chi connectivity index (χ1n) is 24.1. The van der Waals surface area contributed by atoms with E-state index >= 15 is 0 Å². The molecule has 0 spiro atoms. The largest absolute Gasteiger partial charge is 0.509 e. The van der Waals surface area contributed by atoms with Gasteiger partial charge in [0.2, 0.25) is 0 Å². The molecule has 0 bridgehead atoms. The molecule has 0 aliphatic carbocycles. The fraction of sp³-hybridized carbons (Fsp3) is 0.302. The molecule has 3 heterocycles. The Morgan fingerprint density at radius 3 is 1.77 bits per heavy atom. The number of fused-ring (bicyclic) bond motifs is 3. The molecule has 69 heavy (non-hydrogen) atoms. The molecular weight excluding hydrogens is 1020 g/mol. The first-order chi connectivity index (χ1) is 31.9. The van der Waals surface area contributed by atoms with Gasteiger partial charge in [-0.2, -0.15) is 6.07 Å². The van der Waals surface area contributed by atoms with Crippen molar-refractivity contribution in [3.05, 3.63) is 198 Å². The number of aromatic nitrogens is 2. The van der Waals surface area contributed by atoms with E-state index in [4.69, 9.17) is 9.72 Å². The number of anilines is 2. The molecular formula is C63H67N4OPt-3. The zero-order valence-electron chi connectivity index (χ0n) is 42.9. The van der Waals surface area contributed by atoms with E-state index in [0.717, 1.165) is 55.8 Å². The van der Waals surface area contributed by atoms with Gasteiger partial charge in [0.15, 0.2) is 0 Å². The summed E-state index contributed by atoms with van der Waals surface area (Å²) in [4.78, 5) is 9.56. The zero-order valence-corrected chi connectivity index (χ0v) is 45.2. The first kappa shape index (κ1) is 49.5. The van der Waals surface area contributed by atoms with Crippen LogP contribution in [0.1, 0.15) is 125 Å². The van der Waals surface area contributed by atoms with Crippen LogP contribution in [-0.2, 0) is 42.7 Å². The van der Waals surface area contributed by atoms with Crippen molar-refractivity contribution in [3.8, 4) is 28.4 Å². The summed E-state index contributed by atoms with van der Waals surface area (Å²) in [6, 6.07) is 55.6. The average molecular weight is 1090 g/mol. The van der Waals surface area contributed by atoms with Crippen molar-refractivity contribution in [2.24, 2.45) is 5.41 Å². The molecule has 0 unspecified atom stereocenters. The third-order valence-corrected chi connectivity index (χ3v) is 13.6. The minimum Gasteiger partial charge on any atom is -0.509 e. The molecule has 0 saturated carbocycles. The van der Waals surface area contributed by atoms with Gasteiger partial charge in [0.1, 0.15) is 5.82 Å². The quantitative estimate of drug-likeness (QED) is 0.142. The predicted octanol–water partition coefficient (Wildman–Crippen LogP) is 16.8. The summed E-state index contributed by atoms with van der Waals surface area (Å²) in [5.41, 5.74) is 13.1. The van der Waals surface area contributed by atoms with Crippen LogP contribution < -0.4 is 14.5 Å². The van der Waals surface area contributed by atoms with Crippen molar-refractivity contribution in [1.82, 2.24) is 9.55 Å². The molecule has 1 aliphatic heterocycles. The third-order valence-electron chi connectivity index (χ3n) is 13.6. The minimum atomic E-state index is -0.212. The van der Waals surface area contributed by atoms with Crippen LogP contribution in [0, 0.1) is 24.2 Å². The van der Waals surface area contributed by atoms with Gasteiger partial charge in [-0.05, 0) is 91.5 Å². The second-order valence-corrected chi connectivity index (χ2v) is 23.3. The number of hydrogen-bond donors (Lipinski definition) is 0. The zero-order chi connectivity index (χ0) is 48.6. The van der Waals surface area contributed by atoms with Crippen LogP contribution in [0.5, 0.6) is 11.5 Å². The van der Waals surface area contributed by atoms with Crippen molar-refractivity contribution in [3.63, 3.8) is 0 Å². The molecule has 6 aromatic carbocycles. The van der Waals surface area contributed by atoms with E-state index in [9.17, 15) is 0 Å². The Kier molecular flexibility index (Phi) is 13.0. The fourth-order valence-electron chi connectivity index (χ4n) is 9.20. The van der Waals surface area contributed by atoms with Gasteiger partial charge >= 0.3 is 0 Å². The van der Waals surface area contributed by atoms with Gasteiger partial charge in [0.05, 0.1) is 0 Å². The SMILES string of the molecule is CC(C)(C)C1=CN(c2cc(C(C)(C)C)cc(C(C)(C)C)c2)[CH-]N1c1[c-]c(Oc2[c-]c3c(cc2)c2cc(C(C)(C)c4ccccc4)ccc2n3-c2cc(C(C)(C)C)ccn2)cc(-c2ccccc2)c1.[Pt]. The van der Waals surface area contributed by atoms with Crippen LogP contribution in [0.2, 0.25) is 0 Å². The Hall–Kier alpha value is -5.90. The van der Waals surface area contributed by atoms with Crippen LogP contribution in [0.15, 0.2) is 152 Å². The molecule has 0 saturated heterocycles. The van der Waals surface area contributed by atoms with Crippen LogP contribution in [-0.4, -0.2) is 9.55 Å². The maximum Gasteiger partial charge on any atom is 0.135 e. The number of pyridine rings is 1. The molecule has 9 rings (SSSR count). The minimum absolute atomic E-state index is 0. The normalized spacial score (nSPS) is 13.8. The summed E-state index contributed by atoms with van der Waals surface area (Å²) >= 11 is 0. The van der Waals surface area contributed by atoms with Gasteiger partial charge in [-0.1, -0.05) is 181 Å². The Bertz CT molecular complexity index is 3160.